The quantitative estimate of drug-likeness (QED) is 0.590. The first-order valence-corrected chi connectivity index (χ1v) is 9.95. The maximum Gasteiger partial charge on any atom is 0.313 e. The summed E-state index contributed by atoms with van der Waals surface area (Å²) in [5.74, 6) is 1.07. The Bertz CT molecular complexity index is 1090. The highest BCUT2D eigenvalue weighted by molar-refractivity contribution is 5.77. The van der Waals surface area contributed by atoms with E-state index in [0.29, 0.717) is 11.5 Å². The SMILES string of the molecule is COC(=O)C1C(c2ccc3c(c2)OCO3)Oc2ccccc2C1c1ccc(C)cc1. The Labute approximate surface area is 175 Å². The summed E-state index contributed by atoms with van der Waals surface area (Å²) in [7, 11) is 1.42. The molecule has 152 valence electrons. The number of esters is 1. The summed E-state index contributed by atoms with van der Waals surface area (Å²) in [5.41, 5.74) is 4.05. The molecule has 0 N–H and O–H groups in total. The van der Waals surface area contributed by atoms with E-state index in [1.54, 1.807) is 0 Å². The van der Waals surface area contributed by atoms with Crippen LogP contribution in [0.4, 0.5) is 0 Å². The van der Waals surface area contributed by atoms with Gasteiger partial charge in [0.25, 0.3) is 0 Å². The molecule has 0 aromatic heterocycles. The lowest BCUT2D eigenvalue weighted by atomic mass is 9.74. The zero-order valence-electron chi connectivity index (χ0n) is 16.8. The van der Waals surface area contributed by atoms with Crippen molar-refractivity contribution in [1.82, 2.24) is 0 Å². The van der Waals surface area contributed by atoms with Crippen molar-refractivity contribution in [2.75, 3.05) is 13.9 Å². The second-order valence-electron chi connectivity index (χ2n) is 7.63. The number of carbonyl (C=O) groups is 1. The van der Waals surface area contributed by atoms with Crippen LogP contribution in [-0.2, 0) is 9.53 Å². The molecule has 0 saturated heterocycles. The van der Waals surface area contributed by atoms with E-state index in [-0.39, 0.29) is 18.7 Å². The van der Waals surface area contributed by atoms with Crippen LogP contribution < -0.4 is 14.2 Å². The molecule has 5 nitrogen and oxygen atoms in total. The monoisotopic (exact) mass is 402 g/mol. The van der Waals surface area contributed by atoms with Gasteiger partial charge in [0, 0.05) is 11.5 Å². The van der Waals surface area contributed by atoms with Crippen molar-refractivity contribution < 1.29 is 23.7 Å². The summed E-state index contributed by atoms with van der Waals surface area (Å²) in [5, 5.41) is 0. The summed E-state index contributed by atoms with van der Waals surface area (Å²) < 4.78 is 22.6. The predicted octanol–water partition coefficient (Wildman–Crippen LogP) is 4.78. The second-order valence-corrected chi connectivity index (χ2v) is 7.63. The van der Waals surface area contributed by atoms with E-state index < -0.39 is 12.0 Å². The number of fused-ring (bicyclic) bond motifs is 2. The molecule has 2 heterocycles. The number of ether oxygens (including phenoxy) is 4. The Balaban J connectivity index is 1.67. The maximum absolute atomic E-state index is 13.1. The molecule has 5 heteroatoms. The summed E-state index contributed by atoms with van der Waals surface area (Å²) in [6.07, 6.45) is -0.520. The first-order valence-electron chi connectivity index (χ1n) is 9.95. The van der Waals surface area contributed by atoms with E-state index in [4.69, 9.17) is 18.9 Å². The number of carbonyl (C=O) groups excluding carboxylic acids is 1. The van der Waals surface area contributed by atoms with Gasteiger partial charge in [-0.3, -0.25) is 4.79 Å². The van der Waals surface area contributed by atoms with Crippen LogP contribution in [0.15, 0.2) is 66.7 Å². The van der Waals surface area contributed by atoms with Crippen LogP contribution >= 0.6 is 0 Å². The zero-order valence-corrected chi connectivity index (χ0v) is 16.8. The molecule has 0 saturated carbocycles. The van der Waals surface area contributed by atoms with Gasteiger partial charge in [-0.15, -0.1) is 0 Å². The minimum absolute atomic E-state index is 0.194. The Kier molecular flexibility index (Phi) is 4.58. The molecular weight excluding hydrogens is 380 g/mol. The number of rotatable bonds is 3. The van der Waals surface area contributed by atoms with Gasteiger partial charge in [-0.25, -0.2) is 0 Å². The van der Waals surface area contributed by atoms with E-state index in [1.165, 1.54) is 12.7 Å². The van der Waals surface area contributed by atoms with Crippen molar-refractivity contribution in [3.63, 3.8) is 0 Å². The fraction of sp³-hybridized carbons (Fsp3) is 0.240. The summed E-state index contributed by atoms with van der Waals surface area (Å²) in [6, 6.07) is 21.8. The topological polar surface area (TPSA) is 54.0 Å². The average Bonchev–Trinajstić information content (AvgIpc) is 3.26. The smallest absolute Gasteiger partial charge is 0.313 e. The van der Waals surface area contributed by atoms with E-state index in [1.807, 2.05) is 42.5 Å². The van der Waals surface area contributed by atoms with Gasteiger partial charge >= 0.3 is 5.97 Å². The van der Waals surface area contributed by atoms with Crippen molar-refractivity contribution in [3.05, 3.63) is 89.0 Å². The fourth-order valence-corrected chi connectivity index (χ4v) is 4.35. The molecule has 0 bridgehead atoms. The van der Waals surface area contributed by atoms with Gasteiger partial charge in [0.2, 0.25) is 6.79 Å². The van der Waals surface area contributed by atoms with E-state index in [0.717, 1.165) is 22.4 Å². The van der Waals surface area contributed by atoms with Crippen LogP contribution in [0.5, 0.6) is 17.2 Å². The Morgan fingerprint density at radius 3 is 2.43 bits per heavy atom. The standard InChI is InChI=1S/C25H22O5/c1-15-7-9-16(10-8-15)22-18-5-3-4-6-19(18)30-24(23(22)25(26)27-2)17-11-12-20-21(13-17)29-14-28-20/h3-13,22-24H,14H2,1-2H3. The van der Waals surface area contributed by atoms with Crippen LogP contribution in [-0.4, -0.2) is 19.9 Å². The third-order valence-electron chi connectivity index (χ3n) is 5.83. The van der Waals surface area contributed by atoms with Crippen molar-refractivity contribution in [2.24, 2.45) is 5.92 Å². The van der Waals surface area contributed by atoms with Gasteiger partial charge in [-0.2, -0.15) is 0 Å². The minimum Gasteiger partial charge on any atom is -0.484 e. The van der Waals surface area contributed by atoms with Gasteiger partial charge in [-0.05, 0) is 36.2 Å². The highest BCUT2D eigenvalue weighted by Crippen LogP contribution is 2.50. The third-order valence-corrected chi connectivity index (χ3v) is 5.83. The molecule has 2 aliphatic heterocycles. The Hall–Kier alpha value is -3.47. The van der Waals surface area contributed by atoms with Gasteiger partial charge in [0.15, 0.2) is 11.5 Å². The van der Waals surface area contributed by atoms with Crippen LogP contribution in [0, 0.1) is 12.8 Å². The second kappa shape index (κ2) is 7.41. The Morgan fingerprint density at radius 1 is 0.900 bits per heavy atom. The molecule has 0 fully saturated rings. The molecule has 0 radical (unpaired) electrons. The number of aryl methyl sites for hydroxylation is 1. The molecule has 0 aliphatic carbocycles. The molecule has 0 spiro atoms. The van der Waals surface area contributed by atoms with Crippen molar-refractivity contribution in [3.8, 4) is 17.2 Å². The van der Waals surface area contributed by atoms with Gasteiger partial charge in [0.1, 0.15) is 17.8 Å². The van der Waals surface area contributed by atoms with E-state index >= 15 is 0 Å². The lowest BCUT2D eigenvalue weighted by Crippen LogP contribution is -2.36. The average molecular weight is 402 g/mol. The van der Waals surface area contributed by atoms with Crippen LogP contribution in [0.1, 0.15) is 34.3 Å². The zero-order chi connectivity index (χ0) is 20.7. The van der Waals surface area contributed by atoms with Crippen molar-refractivity contribution in [2.45, 2.75) is 18.9 Å². The number of para-hydroxylation sites is 1. The maximum atomic E-state index is 13.1. The molecule has 30 heavy (non-hydrogen) atoms. The van der Waals surface area contributed by atoms with Gasteiger partial charge in [0.05, 0.1) is 7.11 Å². The molecule has 3 unspecified atom stereocenters. The van der Waals surface area contributed by atoms with Crippen LogP contribution in [0.3, 0.4) is 0 Å². The molecule has 3 atom stereocenters. The van der Waals surface area contributed by atoms with Crippen molar-refractivity contribution in [1.29, 1.82) is 0 Å². The predicted molar refractivity (Wildman–Crippen MR) is 111 cm³/mol. The lowest BCUT2D eigenvalue weighted by molar-refractivity contribution is -0.150. The fourth-order valence-electron chi connectivity index (χ4n) is 4.35. The third kappa shape index (κ3) is 3.07. The Morgan fingerprint density at radius 2 is 1.63 bits per heavy atom. The first-order chi connectivity index (χ1) is 14.7. The van der Waals surface area contributed by atoms with Crippen molar-refractivity contribution >= 4 is 5.97 Å². The molecular formula is C25H22O5. The van der Waals surface area contributed by atoms with E-state index in [2.05, 4.69) is 31.2 Å². The summed E-state index contributed by atoms with van der Waals surface area (Å²) in [4.78, 5) is 13.1. The number of methoxy groups -OCH3 is 1. The molecule has 0 amide bonds. The van der Waals surface area contributed by atoms with Crippen LogP contribution in [0.2, 0.25) is 0 Å². The lowest BCUT2D eigenvalue weighted by Gasteiger charge is -2.38. The molecule has 2 aliphatic rings. The highest BCUT2D eigenvalue weighted by atomic mass is 16.7. The minimum atomic E-state index is -0.548. The largest absolute Gasteiger partial charge is 0.484 e. The first kappa shape index (κ1) is 18.6. The number of hydrogen-bond acceptors (Lipinski definition) is 5. The number of benzene rings is 3. The van der Waals surface area contributed by atoms with Gasteiger partial charge in [-0.1, -0.05) is 54.1 Å². The molecule has 5 rings (SSSR count). The summed E-state index contributed by atoms with van der Waals surface area (Å²) >= 11 is 0. The highest BCUT2D eigenvalue weighted by Gasteiger charge is 2.45. The molecule has 3 aromatic rings. The number of hydrogen-bond donors (Lipinski definition) is 0. The summed E-state index contributed by atoms with van der Waals surface area (Å²) in [6.45, 7) is 2.24. The van der Waals surface area contributed by atoms with Gasteiger partial charge < -0.3 is 18.9 Å². The normalized spacial score (nSPS) is 21.5. The molecule has 3 aromatic carbocycles. The van der Waals surface area contributed by atoms with E-state index in [9.17, 15) is 4.79 Å². The van der Waals surface area contributed by atoms with Crippen LogP contribution in [0.25, 0.3) is 0 Å².